The van der Waals surface area contributed by atoms with Gasteiger partial charge in [-0.3, -0.25) is 14.4 Å². The number of rotatable bonds is 49. The molecular formula is C65H102O6. The van der Waals surface area contributed by atoms with Gasteiger partial charge in [0.2, 0.25) is 0 Å². The predicted octanol–water partition coefficient (Wildman–Crippen LogP) is 19.2. The van der Waals surface area contributed by atoms with Crippen LogP contribution in [0.4, 0.5) is 0 Å². The molecule has 6 nitrogen and oxygen atoms in total. The lowest BCUT2D eigenvalue weighted by atomic mass is 10.1. The predicted molar refractivity (Wildman–Crippen MR) is 306 cm³/mol. The highest BCUT2D eigenvalue weighted by Gasteiger charge is 2.19. The Morgan fingerprint density at radius 3 is 0.930 bits per heavy atom. The molecule has 0 saturated carbocycles. The van der Waals surface area contributed by atoms with Crippen molar-refractivity contribution in [2.45, 2.75) is 232 Å². The van der Waals surface area contributed by atoms with E-state index >= 15 is 0 Å². The van der Waals surface area contributed by atoms with Crippen LogP contribution in [0.3, 0.4) is 0 Å². The molecule has 1 atom stereocenters. The normalized spacial score (nSPS) is 13.2. The minimum atomic E-state index is -0.845. The molecule has 0 aromatic rings. The molecule has 0 aromatic heterocycles. The SMILES string of the molecule is CC/C=C\C/C=C\C/C=C\CCCCCCCC(=O)OC[C@H](COC(=O)CCCCC/C=C\C/C=C\C/C=C\C/C=C\CCCCC)OC(=O)CC/C=C\C/C=C\C/C=C\C/C=C\C/C=C\CCCCC. The van der Waals surface area contributed by atoms with Gasteiger partial charge < -0.3 is 14.2 Å². The second-order valence-electron chi connectivity index (χ2n) is 18.1. The highest BCUT2D eigenvalue weighted by molar-refractivity contribution is 5.71. The van der Waals surface area contributed by atoms with Gasteiger partial charge in [0.15, 0.2) is 6.10 Å². The Morgan fingerprint density at radius 1 is 0.296 bits per heavy atom. The first-order chi connectivity index (χ1) is 35.0. The topological polar surface area (TPSA) is 78.9 Å². The summed E-state index contributed by atoms with van der Waals surface area (Å²) in [6.07, 6.45) is 82.7. The summed E-state index contributed by atoms with van der Waals surface area (Å²) in [6.45, 7) is 6.35. The Labute approximate surface area is 436 Å². The van der Waals surface area contributed by atoms with Gasteiger partial charge in [-0.05, 0) is 135 Å². The zero-order chi connectivity index (χ0) is 51.4. The summed E-state index contributed by atoms with van der Waals surface area (Å²) in [5.41, 5.74) is 0. The van der Waals surface area contributed by atoms with Crippen LogP contribution >= 0.6 is 0 Å². The Hall–Kier alpha value is -4.71. The van der Waals surface area contributed by atoms with E-state index in [9.17, 15) is 14.4 Å². The molecule has 0 aliphatic heterocycles. The maximum atomic E-state index is 12.8. The van der Waals surface area contributed by atoms with Crippen molar-refractivity contribution in [3.63, 3.8) is 0 Å². The van der Waals surface area contributed by atoms with E-state index < -0.39 is 12.1 Å². The number of ether oxygens (including phenoxy) is 3. The average molecular weight is 980 g/mol. The first-order valence-electron chi connectivity index (χ1n) is 28.3. The van der Waals surface area contributed by atoms with E-state index in [1.54, 1.807) is 0 Å². The Balaban J connectivity index is 4.62. The second-order valence-corrected chi connectivity index (χ2v) is 18.1. The summed E-state index contributed by atoms with van der Waals surface area (Å²) in [5, 5.41) is 0. The molecule has 0 bridgehead atoms. The van der Waals surface area contributed by atoms with Gasteiger partial charge in [0, 0.05) is 19.3 Å². The molecule has 398 valence electrons. The molecule has 0 saturated heterocycles. The molecule has 0 radical (unpaired) electrons. The van der Waals surface area contributed by atoms with E-state index in [0.717, 1.165) is 128 Å². The summed E-state index contributed by atoms with van der Waals surface area (Å²) < 4.78 is 16.7. The Bertz CT molecular complexity index is 1590. The van der Waals surface area contributed by atoms with Crippen LogP contribution in [0, 0.1) is 0 Å². The molecule has 0 rings (SSSR count). The standard InChI is InChI=1S/C65H102O6/c1-4-7-10-13-16-19-22-25-28-30-32-34-37-40-43-46-49-52-55-58-64(67)70-61-62(60-69-63(66)57-54-51-48-45-42-39-36-27-24-21-18-15-12-9-6-3)71-65(68)59-56-53-50-47-44-41-38-35-33-31-29-26-23-20-17-14-11-8-5-2/h9,12,16-21,25-29,32-36,40-41,43-44,50,53,62H,4-8,10-11,13-15,22-24,30-31,37-39,42,45-49,51-52,54-61H2,1-3H3/b12-9-,19-16-,20-17-,21-18-,28-25-,29-26-,34-32-,35-33-,36-27-,43-40-,44-41-,53-50-/t62-/m1/s1. The highest BCUT2D eigenvalue weighted by Crippen LogP contribution is 2.11. The van der Waals surface area contributed by atoms with E-state index in [-0.39, 0.29) is 31.6 Å². The van der Waals surface area contributed by atoms with Crippen molar-refractivity contribution in [2.24, 2.45) is 0 Å². The number of hydrogen-bond donors (Lipinski definition) is 0. The van der Waals surface area contributed by atoms with Gasteiger partial charge in [-0.25, -0.2) is 0 Å². The average Bonchev–Trinajstić information content (AvgIpc) is 3.37. The third-order valence-electron chi connectivity index (χ3n) is 11.3. The van der Waals surface area contributed by atoms with Gasteiger partial charge >= 0.3 is 17.9 Å². The lowest BCUT2D eigenvalue weighted by Gasteiger charge is -2.18. The molecule has 0 fully saturated rings. The maximum absolute atomic E-state index is 12.8. The van der Waals surface area contributed by atoms with E-state index in [1.165, 1.54) is 51.4 Å². The zero-order valence-corrected chi connectivity index (χ0v) is 45.4. The third kappa shape index (κ3) is 56.1. The fraction of sp³-hybridized carbons (Fsp3) is 0.585. The molecule has 71 heavy (non-hydrogen) atoms. The number of carbonyl (C=O) groups is 3. The summed E-state index contributed by atoms with van der Waals surface area (Å²) in [4.78, 5) is 38.1. The second kappa shape index (κ2) is 57.9. The van der Waals surface area contributed by atoms with Crippen LogP contribution in [0.2, 0.25) is 0 Å². The molecule has 0 aliphatic rings. The van der Waals surface area contributed by atoms with Crippen molar-refractivity contribution in [3.8, 4) is 0 Å². The van der Waals surface area contributed by atoms with E-state index in [4.69, 9.17) is 14.2 Å². The summed E-state index contributed by atoms with van der Waals surface area (Å²) in [7, 11) is 0. The third-order valence-corrected chi connectivity index (χ3v) is 11.3. The quantitative estimate of drug-likeness (QED) is 0.0262. The van der Waals surface area contributed by atoms with E-state index in [0.29, 0.717) is 19.3 Å². The fourth-order valence-electron chi connectivity index (χ4n) is 7.07. The number of carbonyl (C=O) groups excluding carboxylic acids is 3. The first-order valence-corrected chi connectivity index (χ1v) is 28.3. The van der Waals surface area contributed by atoms with E-state index in [2.05, 4.69) is 154 Å². The first kappa shape index (κ1) is 66.3. The van der Waals surface area contributed by atoms with Crippen LogP contribution in [-0.4, -0.2) is 37.2 Å². The number of esters is 3. The van der Waals surface area contributed by atoms with Gasteiger partial charge in [-0.15, -0.1) is 0 Å². The van der Waals surface area contributed by atoms with Crippen LogP contribution in [0.5, 0.6) is 0 Å². The van der Waals surface area contributed by atoms with Crippen molar-refractivity contribution in [1.29, 1.82) is 0 Å². The van der Waals surface area contributed by atoms with Gasteiger partial charge in [0.1, 0.15) is 13.2 Å². The van der Waals surface area contributed by atoms with Crippen molar-refractivity contribution in [1.82, 2.24) is 0 Å². The lowest BCUT2D eigenvalue weighted by molar-refractivity contribution is -0.166. The van der Waals surface area contributed by atoms with Gasteiger partial charge in [0.05, 0.1) is 0 Å². The van der Waals surface area contributed by atoms with Crippen LogP contribution in [0.25, 0.3) is 0 Å². The Morgan fingerprint density at radius 2 is 0.577 bits per heavy atom. The van der Waals surface area contributed by atoms with Crippen LogP contribution in [-0.2, 0) is 28.6 Å². The lowest BCUT2D eigenvalue weighted by Crippen LogP contribution is -2.30. The summed E-state index contributed by atoms with van der Waals surface area (Å²) in [5.74, 6) is -1.07. The molecule has 0 heterocycles. The monoisotopic (exact) mass is 979 g/mol. The minimum Gasteiger partial charge on any atom is -0.462 e. The van der Waals surface area contributed by atoms with Gasteiger partial charge in [-0.1, -0.05) is 218 Å². The fourth-order valence-corrected chi connectivity index (χ4v) is 7.07. The molecule has 0 aromatic carbocycles. The van der Waals surface area contributed by atoms with Crippen molar-refractivity contribution in [3.05, 3.63) is 146 Å². The number of unbranched alkanes of at least 4 members (excludes halogenated alkanes) is 14. The van der Waals surface area contributed by atoms with Gasteiger partial charge in [-0.2, -0.15) is 0 Å². The van der Waals surface area contributed by atoms with Crippen LogP contribution in [0.1, 0.15) is 226 Å². The molecule has 0 amide bonds. The molecule has 6 heteroatoms. The van der Waals surface area contributed by atoms with Crippen LogP contribution in [0.15, 0.2) is 146 Å². The van der Waals surface area contributed by atoms with Crippen molar-refractivity contribution in [2.75, 3.05) is 13.2 Å². The largest absolute Gasteiger partial charge is 0.462 e. The molecule has 0 N–H and O–H groups in total. The Kier molecular flexibility index (Phi) is 54.0. The minimum absolute atomic E-state index is 0.133. The zero-order valence-electron chi connectivity index (χ0n) is 45.4. The summed E-state index contributed by atoms with van der Waals surface area (Å²) in [6, 6.07) is 0. The number of allylic oxidation sites excluding steroid dienone is 24. The van der Waals surface area contributed by atoms with Gasteiger partial charge in [0.25, 0.3) is 0 Å². The van der Waals surface area contributed by atoms with E-state index in [1.807, 2.05) is 12.2 Å². The van der Waals surface area contributed by atoms with Crippen molar-refractivity contribution < 1.29 is 28.6 Å². The smallest absolute Gasteiger partial charge is 0.306 e. The highest BCUT2D eigenvalue weighted by atomic mass is 16.6. The molecule has 0 aliphatic carbocycles. The van der Waals surface area contributed by atoms with Crippen LogP contribution < -0.4 is 0 Å². The molecule has 0 spiro atoms. The van der Waals surface area contributed by atoms with Crippen molar-refractivity contribution >= 4 is 17.9 Å². The maximum Gasteiger partial charge on any atom is 0.306 e. The number of hydrogen-bond acceptors (Lipinski definition) is 6. The summed E-state index contributed by atoms with van der Waals surface area (Å²) >= 11 is 0. The molecule has 0 unspecified atom stereocenters. The molecular weight excluding hydrogens is 877 g/mol.